The summed E-state index contributed by atoms with van der Waals surface area (Å²) >= 11 is 0. The Morgan fingerprint density at radius 3 is 2.40 bits per heavy atom. The normalized spacial score (nSPS) is 47.6. The fourth-order valence-electron chi connectivity index (χ4n) is 6.40. The van der Waals surface area contributed by atoms with Crippen LogP contribution in [-0.2, 0) is 4.79 Å². The van der Waals surface area contributed by atoms with Crippen molar-refractivity contribution in [2.75, 3.05) is 0 Å². The maximum absolute atomic E-state index is 12.1. The molecule has 3 saturated carbocycles. The molecule has 1 nitrogen and oxygen atoms in total. The van der Waals surface area contributed by atoms with Crippen molar-refractivity contribution in [3.8, 4) is 0 Å². The van der Waals surface area contributed by atoms with Crippen molar-refractivity contribution in [3.63, 3.8) is 0 Å². The van der Waals surface area contributed by atoms with Gasteiger partial charge in [0.1, 0.15) is 0 Å². The number of ketones is 1. The Morgan fingerprint density at radius 1 is 1.00 bits per heavy atom. The van der Waals surface area contributed by atoms with Crippen molar-refractivity contribution in [1.82, 2.24) is 0 Å². The lowest BCUT2D eigenvalue weighted by molar-refractivity contribution is -0.141. The van der Waals surface area contributed by atoms with E-state index in [-0.39, 0.29) is 5.41 Å². The average Bonchev–Trinajstić information content (AvgIpc) is 2.34. The van der Waals surface area contributed by atoms with Gasteiger partial charge in [0.25, 0.3) is 0 Å². The zero-order valence-electron chi connectivity index (χ0n) is 13.7. The Kier molecular flexibility index (Phi) is 3.02. The first-order chi connectivity index (χ1) is 9.22. The molecule has 3 rings (SSSR count). The SMILES string of the molecule is C=C1C(=O)CCC2[C@@]3(C)CCCC(C)(C)C3CC[C@@]12C. The molecule has 0 aromatic heterocycles. The minimum absolute atomic E-state index is 0.0774. The third-order valence-electron chi connectivity index (χ3n) is 7.48. The maximum atomic E-state index is 12.1. The van der Waals surface area contributed by atoms with Gasteiger partial charge in [-0.3, -0.25) is 4.79 Å². The van der Waals surface area contributed by atoms with Crippen molar-refractivity contribution in [1.29, 1.82) is 0 Å². The zero-order chi connectivity index (χ0) is 14.8. The smallest absolute Gasteiger partial charge is 0.158 e. The van der Waals surface area contributed by atoms with E-state index in [1.165, 1.54) is 32.1 Å². The molecule has 3 fully saturated rings. The van der Waals surface area contributed by atoms with Gasteiger partial charge in [0.05, 0.1) is 0 Å². The first-order valence-electron chi connectivity index (χ1n) is 8.44. The molecule has 4 atom stereocenters. The first kappa shape index (κ1) is 14.4. The summed E-state index contributed by atoms with van der Waals surface area (Å²) in [5.41, 5.74) is 1.90. The Hall–Kier alpha value is -0.590. The van der Waals surface area contributed by atoms with Crippen LogP contribution in [0.5, 0.6) is 0 Å². The van der Waals surface area contributed by atoms with Gasteiger partial charge in [0.2, 0.25) is 0 Å². The van der Waals surface area contributed by atoms with Crippen LogP contribution in [0.3, 0.4) is 0 Å². The molecule has 0 aliphatic heterocycles. The second-order valence-electron chi connectivity index (χ2n) is 8.85. The third-order valence-corrected chi connectivity index (χ3v) is 7.48. The van der Waals surface area contributed by atoms with Crippen LogP contribution in [-0.4, -0.2) is 5.78 Å². The minimum Gasteiger partial charge on any atom is -0.295 e. The minimum atomic E-state index is 0.0774. The van der Waals surface area contributed by atoms with Crippen LogP contribution < -0.4 is 0 Å². The number of hydrogen-bond acceptors (Lipinski definition) is 1. The molecule has 0 aromatic carbocycles. The standard InChI is InChI=1S/C19H30O/c1-13-14(20)7-8-16-18(13,4)12-9-15-17(2,3)10-6-11-19(15,16)5/h15-16H,1,6-12H2,2-5H3/t15?,16?,18-,19-/m0/s1. The van der Waals surface area contributed by atoms with Gasteiger partial charge in [-0.2, -0.15) is 0 Å². The number of fused-ring (bicyclic) bond motifs is 3. The molecular weight excluding hydrogens is 244 g/mol. The van der Waals surface area contributed by atoms with E-state index < -0.39 is 0 Å². The van der Waals surface area contributed by atoms with Gasteiger partial charge >= 0.3 is 0 Å². The van der Waals surface area contributed by atoms with Gasteiger partial charge in [-0.25, -0.2) is 0 Å². The third kappa shape index (κ3) is 1.71. The Balaban J connectivity index is 2.02. The summed E-state index contributed by atoms with van der Waals surface area (Å²) in [5, 5.41) is 0. The predicted molar refractivity (Wildman–Crippen MR) is 83.4 cm³/mol. The van der Waals surface area contributed by atoms with Crippen molar-refractivity contribution in [3.05, 3.63) is 12.2 Å². The highest BCUT2D eigenvalue weighted by atomic mass is 16.1. The number of hydrogen-bond donors (Lipinski definition) is 0. The van der Waals surface area contributed by atoms with E-state index in [0.29, 0.717) is 22.5 Å². The fraction of sp³-hybridized carbons (Fsp3) is 0.842. The molecule has 3 aliphatic rings. The largest absolute Gasteiger partial charge is 0.295 e. The van der Waals surface area contributed by atoms with Gasteiger partial charge < -0.3 is 0 Å². The molecule has 20 heavy (non-hydrogen) atoms. The molecule has 0 bridgehead atoms. The Bertz CT molecular complexity index is 460. The second-order valence-corrected chi connectivity index (χ2v) is 8.85. The summed E-state index contributed by atoms with van der Waals surface area (Å²) in [6.07, 6.45) is 8.36. The molecule has 0 N–H and O–H groups in total. The molecule has 2 unspecified atom stereocenters. The fourth-order valence-corrected chi connectivity index (χ4v) is 6.40. The van der Waals surface area contributed by atoms with Crippen LogP contribution in [0.1, 0.15) is 72.6 Å². The highest BCUT2D eigenvalue weighted by Crippen LogP contribution is 2.67. The lowest BCUT2D eigenvalue weighted by Gasteiger charge is -2.64. The van der Waals surface area contributed by atoms with Gasteiger partial charge in [-0.1, -0.05) is 40.7 Å². The van der Waals surface area contributed by atoms with Gasteiger partial charge in [-0.15, -0.1) is 0 Å². The summed E-state index contributed by atoms with van der Waals surface area (Å²) in [5.74, 6) is 1.82. The van der Waals surface area contributed by atoms with E-state index in [4.69, 9.17) is 0 Å². The number of rotatable bonds is 0. The van der Waals surface area contributed by atoms with Crippen LogP contribution in [0, 0.1) is 28.1 Å². The van der Waals surface area contributed by atoms with Crippen molar-refractivity contribution >= 4 is 5.78 Å². The summed E-state index contributed by atoms with van der Waals surface area (Å²) in [6, 6.07) is 0. The van der Waals surface area contributed by atoms with Gasteiger partial charge in [0, 0.05) is 6.42 Å². The van der Waals surface area contributed by atoms with Gasteiger partial charge in [0.15, 0.2) is 5.78 Å². The van der Waals surface area contributed by atoms with E-state index >= 15 is 0 Å². The number of carbonyl (C=O) groups is 1. The zero-order valence-corrected chi connectivity index (χ0v) is 13.7. The average molecular weight is 274 g/mol. The molecule has 0 saturated heterocycles. The number of allylic oxidation sites excluding steroid dienone is 1. The van der Waals surface area contributed by atoms with Crippen LogP contribution in [0.4, 0.5) is 0 Å². The van der Waals surface area contributed by atoms with Gasteiger partial charge in [-0.05, 0) is 65.8 Å². The molecule has 0 heterocycles. The molecule has 3 aliphatic carbocycles. The predicted octanol–water partition coefficient (Wildman–Crippen LogP) is 5.15. The molecule has 0 amide bonds. The van der Waals surface area contributed by atoms with E-state index in [9.17, 15) is 4.79 Å². The molecule has 0 aromatic rings. The summed E-state index contributed by atoms with van der Waals surface area (Å²) in [6.45, 7) is 14.0. The molecule has 0 radical (unpaired) electrons. The van der Waals surface area contributed by atoms with Crippen molar-refractivity contribution in [2.24, 2.45) is 28.1 Å². The van der Waals surface area contributed by atoms with Crippen LogP contribution in [0.25, 0.3) is 0 Å². The van der Waals surface area contributed by atoms with Crippen LogP contribution in [0.15, 0.2) is 12.2 Å². The number of carbonyl (C=O) groups excluding carboxylic acids is 1. The van der Waals surface area contributed by atoms with E-state index in [2.05, 4.69) is 34.3 Å². The molecule has 0 spiro atoms. The van der Waals surface area contributed by atoms with E-state index in [1.54, 1.807) is 0 Å². The molecule has 112 valence electrons. The highest BCUT2D eigenvalue weighted by molar-refractivity contribution is 5.97. The Labute approximate surface area is 124 Å². The van der Waals surface area contributed by atoms with E-state index in [1.807, 2.05) is 0 Å². The lowest BCUT2D eigenvalue weighted by atomic mass is 9.40. The van der Waals surface area contributed by atoms with E-state index in [0.717, 1.165) is 24.3 Å². The molecule has 1 heteroatoms. The first-order valence-corrected chi connectivity index (χ1v) is 8.44. The Morgan fingerprint density at radius 2 is 1.70 bits per heavy atom. The highest BCUT2D eigenvalue weighted by Gasteiger charge is 2.60. The quantitative estimate of drug-likeness (QED) is 0.558. The monoisotopic (exact) mass is 274 g/mol. The second kappa shape index (κ2) is 4.21. The van der Waals surface area contributed by atoms with Crippen molar-refractivity contribution in [2.45, 2.75) is 72.6 Å². The summed E-state index contributed by atoms with van der Waals surface area (Å²) in [4.78, 5) is 12.1. The summed E-state index contributed by atoms with van der Waals surface area (Å²) < 4.78 is 0. The van der Waals surface area contributed by atoms with Crippen molar-refractivity contribution < 1.29 is 4.79 Å². The number of Topliss-reactive ketones (excluding diaryl/α,β-unsaturated/α-hetero) is 1. The van der Waals surface area contributed by atoms with Crippen LogP contribution in [0.2, 0.25) is 0 Å². The lowest BCUT2D eigenvalue weighted by Crippen LogP contribution is -2.57. The molecular formula is C19H30O. The maximum Gasteiger partial charge on any atom is 0.158 e. The van der Waals surface area contributed by atoms with Crippen LogP contribution >= 0.6 is 0 Å². The summed E-state index contributed by atoms with van der Waals surface area (Å²) in [7, 11) is 0. The topological polar surface area (TPSA) is 17.1 Å².